The van der Waals surface area contributed by atoms with Crippen LogP contribution >= 0.6 is 11.3 Å². The lowest BCUT2D eigenvalue weighted by Gasteiger charge is -2.05. The second kappa shape index (κ2) is 5.57. The molecule has 1 amide bonds. The number of benzene rings is 1. The normalized spacial score (nSPS) is 11.5. The smallest absolute Gasteiger partial charge is 0.271 e. The number of sulfonamides is 1. The minimum Gasteiger partial charge on any atom is -0.322 e. The average Bonchev–Trinajstić information content (AvgIpc) is 2.96. The van der Waals surface area contributed by atoms with Crippen LogP contribution in [0.3, 0.4) is 0 Å². The van der Waals surface area contributed by atoms with Gasteiger partial charge in [0.15, 0.2) is 4.96 Å². The summed E-state index contributed by atoms with van der Waals surface area (Å²) in [4.78, 5) is 28.8. The van der Waals surface area contributed by atoms with Crippen molar-refractivity contribution in [3.63, 3.8) is 0 Å². The van der Waals surface area contributed by atoms with Gasteiger partial charge in [0.25, 0.3) is 11.5 Å². The largest absolute Gasteiger partial charge is 0.322 e. The van der Waals surface area contributed by atoms with E-state index in [1.54, 1.807) is 5.38 Å². The number of nitrogens with one attached hydrogen (secondary N) is 1. The summed E-state index contributed by atoms with van der Waals surface area (Å²) < 4.78 is 23.6. The van der Waals surface area contributed by atoms with Crippen molar-refractivity contribution in [2.24, 2.45) is 5.14 Å². The SMILES string of the molecule is NS(=O)(=O)c1ccc(NC(=O)c2cnc3sccn3c2=O)cc1. The maximum absolute atomic E-state index is 12.2. The predicted octanol–water partition coefficient (Wildman–Crippen LogP) is 0.656. The van der Waals surface area contributed by atoms with Crippen molar-refractivity contribution in [1.29, 1.82) is 0 Å². The lowest BCUT2D eigenvalue weighted by Crippen LogP contribution is -2.25. The molecule has 0 saturated carbocycles. The molecule has 2 heterocycles. The van der Waals surface area contributed by atoms with Gasteiger partial charge < -0.3 is 5.32 Å². The molecular weight excluding hydrogens is 340 g/mol. The third kappa shape index (κ3) is 2.99. The van der Waals surface area contributed by atoms with E-state index >= 15 is 0 Å². The molecule has 10 heteroatoms. The lowest BCUT2D eigenvalue weighted by molar-refractivity contribution is 0.102. The molecule has 0 radical (unpaired) electrons. The second-order valence-electron chi connectivity index (χ2n) is 4.56. The van der Waals surface area contributed by atoms with Gasteiger partial charge in [-0.3, -0.25) is 14.0 Å². The van der Waals surface area contributed by atoms with Crippen molar-refractivity contribution in [1.82, 2.24) is 9.38 Å². The molecule has 0 unspecified atom stereocenters. The maximum Gasteiger partial charge on any atom is 0.271 e. The van der Waals surface area contributed by atoms with Crippen LogP contribution in [-0.2, 0) is 10.0 Å². The molecule has 3 N–H and O–H groups in total. The zero-order valence-electron chi connectivity index (χ0n) is 11.5. The van der Waals surface area contributed by atoms with E-state index in [0.29, 0.717) is 10.6 Å². The molecule has 0 atom stereocenters. The van der Waals surface area contributed by atoms with E-state index in [1.807, 2.05) is 0 Å². The highest BCUT2D eigenvalue weighted by Crippen LogP contribution is 2.13. The van der Waals surface area contributed by atoms with Gasteiger partial charge in [-0.1, -0.05) is 0 Å². The first-order chi connectivity index (χ1) is 10.9. The Morgan fingerprint density at radius 1 is 1.26 bits per heavy atom. The molecule has 0 bridgehead atoms. The average molecular weight is 350 g/mol. The van der Waals surface area contributed by atoms with Crippen LogP contribution in [0.15, 0.2) is 51.7 Å². The maximum atomic E-state index is 12.2. The van der Waals surface area contributed by atoms with Crippen LogP contribution in [0.25, 0.3) is 4.96 Å². The summed E-state index contributed by atoms with van der Waals surface area (Å²) in [5.74, 6) is -0.633. The van der Waals surface area contributed by atoms with Gasteiger partial charge in [-0.2, -0.15) is 0 Å². The highest BCUT2D eigenvalue weighted by Gasteiger charge is 2.14. The Morgan fingerprint density at radius 3 is 2.61 bits per heavy atom. The molecule has 3 aromatic rings. The number of hydrogen-bond donors (Lipinski definition) is 2. The first kappa shape index (κ1) is 15.3. The highest BCUT2D eigenvalue weighted by atomic mass is 32.2. The zero-order valence-corrected chi connectivity index (χ0v) is 13.1. The summed E-state index contributed by atoms with van der Waals surface area (Å²) in [6.07, 6.45) is 2.75. The van der Waals surface area contributed by atoms with E-state index in [0.717, 1.165) is 0 Å². The fourth-order valence-electron chi connectivity index (χ4n) is 1.91. The van der Waals surface area contributed by atoms with Crippen LogP contribution in [-0.4, -0.2) is 23.7 Å². The quantitative estimate of drug-likeness (QED) is 0.718. The third-order valence-corrected chi connectivity index (χ3v) is 4.73. The molecular formula is C13H10N4O4S2. The Labute approximate surface area is 134 Å². The number of fused-ring (bicyclic) bond motifs is 1. The van der Waals surface area contributed by atoms with Crippen LogP contribution in [0.1, 0.15) is 10.4 Å². The van der Waals surface area contributed by atoms with Crippen molar-refractivity contribution < 1.29 is 13.2 Å². The van der Waals surface area contributed by atoms with E-state index in [2.05, 4.69) is 10.3 Å². The number of hydrogen-bond acceptors (Lipinski definition) is 6. The summed E-state index contributed by atoms with van der Waals surface area (Å²) >= 11 is 1.28. The van der Waals surface area contributed by atoms with Crippen LogP contribution in [0.5, 0.6) is 0 Å². The van der Waals surface area contributed by atoms with Crippen molar-refractivity contribution in [3.05, 3.63) is 58.0 Å². The minimum absolute atomic E-state index is 0.0723. The van der Waals surface area contributed by atoms with Crippen molar-refractivity contribution >= 4 is 37.9 Å². The van der Waals surface area contributed by atoms with E-state index in [9.17, 15) is 18.0 Å². The molecule has 23 heavy (non-hydrogen) atoms. The van der Waals surface area contributed by atoms with Crippen LogP contribution in [0, 0.1) is 0 Å². The molecule has 0 spiro atoms. The van der Waals surface area contributed by atoms with Gasteiger partial charge in [0.05, 0.1) is 4.90 Å². The number of carbonyl (C=O) groups is 1. The Hall–Kier alpha value is -2.56. The molecule has 3 rings (SSSR count). The van der Waals surface area contributed by atoms with Gasteiger partial charge >= 0.3 is 0 Å². The molecule has 0 aliphatic rings. The lowest BCUT2D eigenvalue weighted by atomic mass is 10.2. The summed E-state index contributed by atoms with van der Waals surface area (Å²) in [5, 5.41) is 9.20. The number of primary sulfonamides is 1. The summed E-state index contributed by atoms with van der Waals surface area (Å²) in [5.41, 5.74) is -0.261. The van der Waals surface area contributed by atoms with Gasteiger partial charge in [-0.15, -0.1) is 11.3 Å². The van der Waals surface area contributed by atoms with Gasteiger partial charge in [0.2, 0.25) is 10.0 Å². The Morgan fingerprint density at radius 2 is 1.96 bits per heavy atom. The van der Waals surface area contributed by atoms with Gasteiger partial charge in [-0.05, 0) is 24.3 Å². The standard InChI is InChI=1S/C13H10N4O4S2/c14-23(20,21)9-3-1-8(2-4-9)16-11(18)10-7-15-13-17(12(10)19)5-6-22-13/h1-7H,(H,16,18)(H2,14,20,21). The van der Waals surface area contributed by atoms with E-state index < -0.39 is 21.5 Å². The number of rotatable bonds is 3. The first-order valence-corrected chi connectivity index (χ1v) is 8.68. The Kier molecular flexibility index (Phi) is 3.72. The fourth-order valence-corrected chi connectivity index (χ4v) is 3.10. The molecule has 2 aromatic heterocycles. The number of anilines is 1. The number of nitrogens with two attached hydrogens (primary N) is 1. The number of thiazole rings is 1. The van der Waals surface area contributed by atoms with Gasteiger partial charge in [0, 0.05) is 23.5 Å². The minimum atomic E-state index is -3.80. The molecule has 118 valence electrons. The van der Waals surface area contributed by atoms with Crippen LogP contribution in [0.4, 0.5) is 5.69 Å². The number of amides is 1. The molecule has 0 aliphatic heterocycles. The second-order valence-corrected chi connectivity index (χ2v) is 6.99. The fraction of sp³-hybridized carbons (Fsp3) is 0. The summed E-state index contributed by atoms with van der Waals surface area (Å²) in [7, 11) is -3.80. The van der Waals surface area contributed by atoms with E-state index in [4.69, 9.17) is 5.14 Å². The predicted molar refractivity (Wildman–Crippen MR) is 85.1 cm³/mol. The van der Waals surface area contributed by atoms with Crippen LogP contribution < -0.4 is 16.0 Å². The van der Waals surface area contributed by atoms with Crippen molar-refractivity contribution in [3.8, 4) is 0 Å². The summed E-state index contributed by atoms with van der Waals surface area (Å²) in [6.45, 7) is 0. The summed E-state index contributed by atoms with van der Waals surface area (Å²) in [6, 6.07) is 5.29. The van der Waals surface area contributed by atoms with Crippen molar-refractivity contribution in [2.75, 3.05) is 5.32 Å². The van der Waals surface area contributed by atoms with Crippen molar-refractivity contribution in [2.45, 2.75) is 4.90 Å². The topological polar surface area (TPSA) is 124 Å². The number of carbonyl (C=O) groups excluding carboxylic acids is 1. The highest BCUT2D eigenvalue weighted by molar-refractivity contribution is 7.89. The third-order valence-electron chi connectivity index (χ3n) is 3.03. The van der Waals surface area contributed by atoms with Gasteiger partial charge in [0.1, 0.15) is 5.56 Å². The van der Waals surface area contributed by atoms with Gasteiger partial charge in [-0.25, -0.2) is 18.5 Å². The number of nitrogens with zero attached hydrogens (tertiary/aromatic N) is 2. The zero-order chi connectivity index (χ0) is 16.6. The Bertz CT molecular complexity index is 1050. The molecule has 0 saturated heterocycles. The van der Waals surface area contributed by atoms with Crippen LogP contribution in [0.2, 0.25) is 0 Å². The molecule has 1 aromatic carbocycles. The monoisotopic (exact) mass is 350 g/mol. The van der Waals surface area contributed by atoms with E-state index in [1.165, 1.54) is 52.4 Å². The first-order valence-electron chi connectivity index (χ1n) is 6.25. The van der Waals surface area contributed by atoms with E-state index in [-0.39, 0.29) is 10.5 Å². The number of aromatic nitrogens is 2. The molecule has 0 fully saturated rings. The molecule has 0 aliphatic carbocycles. The molecule has 8 nitrogen and oxygen atoms in total. The Balaban J connectivity index is 1.89.